The minimum absolute atomic E-state index is 0.151. The standard InChI is InChI=1S/C14H13BrO2/c15-11-6-9-17-12(11)13(16)14(7-8-14)10-4-2-1-3-5-10/h1-6,9,13,16H,7-8H2. The predicted molar refractivity (Wildman–Crippen MR) is 68.7 cm³/mol. The number of benzene rings is 1. The van der Waals surface area contributed by atoms with E-state index in [2.05, 4.69) is 28.1 Å². The molecule has 2 nitrogen and oxygen atoms in total. The Bertz CT molecular complexity index is 514. The topological polar surface area (TPSA) is 33.4 Å². The highest BCUT2D eigenvalue weighted by molar-refractivity contribution is 9.10. The van der Waals surface area contributed by atoms with Gasteiger partial charge >= 0.3 is 0 Å². The second kappa shape index (κ2) is 4.00. The molecule has 0 saturated heterocycles. The van der Waals surface area contributed by atoms with Crippen LogP contribution in [-0.4, -0.2) is 5.11 Å². The molecule has 1 atom stereocenters. The molecular formula is C14H13BrO2. The van der Waals surface area contributed by atoms with Crippen LogP contribution in [0.2, 0.25) is 0 Å². The molecule has 3 heteroatoms. The van der Waals surface area contributed by atoms with Crippen molar-refractivity contribution in [3.63, 3.8) is 0 Å². The number of halogens is 1. The molecule has 88 valence electrons. The van der Waals surface area contributed by atoms with E-state index in [0.29, 0.717) is 5.76 Å². The molecule has 0 radical (unpaired) electrons. The maximum atomic E-state index is 10.5. The molecule has 1 aromatic heterocycles. The first kappa shape index (κ1) is 11.1. The molecule has 1 heterocycles. The van der Waals surface area contributed by atoms with Gasteiger partial charge in [0.1, 0.15) is 11.9 Å². The molecule has 17 heavy (non-hydrogen) atoms. The van der Waals surface area contributed by atoms with Crippen LogP contribution in [0, 0.1) is 0 Å². The van der Waals surface area contributed by atoms with Gasteiger partial charge in [0.25, 0.3) is 0 Å². The SMILES string of the molecule is OC(c1occc1Br)C1(c2ccccc2)CC1. The van der Waals surface area contributed by atoms with Gasteiger partial charge in [-0.2, -0.15) is 0 Å². The minimum atomic E-state index is -0.575. The quantitative estimate of drug-likeness (QED) is 0.933. The average Bonchev–Trinajstić information content (AvgIpc) is 3.07. The highest BCUT2D eigenvalue weighted by Gasteiger charge is 2.52. The minimum Gasteiger partial charge on any atom is -0.465 e. The zero-order valence-corrected chi connectivity index (χ0v) is 10.9. The molecule has 0 spiro atoms. The van der Waals surface area contributed by atoms with E-state index in [-0.39, 0.29) is 5.41 Å². The fraction of sp³-hybridized carbons (Fsp3) is 0.286. The summed E-state index contributed by atoms with van der Waals surface area (Å²) in [6, 6.07) is 12.0. The van der Waals surface area contributed by atoms with Gasteiger partial charge in [0.05, 0.1) is 10.7 Å². The van der Waals surface area contributed by atoms with Gasteiger partial charge in [-0.25, -0.2) is 0 Å². The van der Waals surface area contributed by atoms with Crippen LogP contribution in [0.4, 0.5) is 0 Å². The van der Waals surface area contributed by atoms with Crippen LogP contribution in [0.3, 0.4) is 0 Å². The Hall–Kier alpha value is -1.06. The monoisotopic (exact) mass is 292 g/mol. The summed E-state index contributed by atoms with van der Waals surface area (Å²) in [6.07, 6.45) is 3.04. The third-order valence-electron chi connectivity index (χ3n) is 3.55. The Balaban J connectivity index is 1.97. The van der Waals surface area contributed by atoms with Crippen molar-refractivity contribution < 1.29 is 9.52 Å². The van der Waals surface area contributed by atoms with Gasteiger partial charge in [0, 0.05) is 5.41 Å². The van der Waals surface area contributed by atoms with Crippen molar-refractivity contribution in [2.45, 2.75) is 24.4 Å². The second-order valence-electron chi connectivity index (χ2n) is 4.56. The zero-order chi connectivity index (χ0) is 11.9. The maximum absolute atomic E-state index is 10.5. The van der Waals surface area contributed by atoms with Crippen LogP contribution in [0.1, 0.15) is 30.3 Å². The van der Waals surface area contributed by atoms with Gasteiger partial charge in [-0.15, -0.1) is 0 Å². The molecule has 0 amide bonds. The highest BCUT2D eigenvalue weighted by Crippen LogP contribution is 2.57. The Kier molecular flexibility index (Phi) is 2.60. The molecule has 2 aromatic rings. The smallest absolute Gasteiger partial charge is 0.147 e. The molecule has 1 aliphatic rings. The van der Waals surface area contributed by atoms with Gasteiger partial charge in [-0.3, -0.25) is 0 Å². The zero-order valence-electron chi connectivity index (χ0n) is 9.27. The van der Waals surface area contributed by atoms with E-state index in [4.69, 9.17) is 4.42 Å². The summed E-state index contributed by atoms with van der Waals surface area (Å²) in [4.78, 5) is 0. The van der Waals surface area contributed by atoms with Crippen molar-refractivity contribution in [1.29, 1.82) is 0 Å². The highest BCUT2D eigenvalue weighted by atomic mass is 79.9. The van der Waals surface area contributed by atoms with E-state index < -0.39 is 6.10 Å². The van der Waals surface area contributed by atoms with E-state index in [1.807, 2.05) is 24.3 Å². The van der Waals surface area contributed by atoms with Crippen LogP contribution in [0.25, 0.3) is 0 Å². The molecule has 1 fully saturated rings. The van der Waals surface area contributed by atoms with E-state index in [0.717, 1.165) is 17.3 Å². The Labute approximate surface area is 108 Å². The lowest BCUT2D eigenvalue weighted by atomic mass is 9.89. The van der Waals surface area contributed by atoms with Crippen molar-refractivity contribution in [3.8, 4) is 0 Å². The first-order valence-corrected chi connectivity index (χ1v) is 6.50. The van der Waals surface area contributed by atoms with Gasteiger partial charge < -0.3 is 9.52 Å². The van der Waals surface area contributed by atoms with Gasteiger partial charge in [-0.1, -0.05) is 30.3 Å². The number of furan rings is 1. The molecule has 3 rings (SSSR count). The molecule has 0 bridgehead atoms. The fourth-order valence-electron chi connectivity index (χ4n) is 2.38. The summed E-state index contributed by atoms with van der Waals surface area (Å²) >= 11 is 3.41. The van der Waals surface area contributed by atoms with Crippen LogP contribution in [-0.2, 0) is 5.41 Å². The van der Waals surface area contributed by atoms with E-state index in [1.165, 1.54) is 5.56 Å². The van der Waals surface area contributed by atoms with Crippen molar-refractivity contribution in [1.82, 2.24) is 0 Å². The first-order valence-electron chi connectivity index (χ1n) is 5.70. The molecule has 0 aliphatic heterocycles. The van der Waals surface area contributed by atoms with E-state index in [9.17, 15) is 5.11 Å². The fourth-order valence-corrected chi connectivity index (χ4v) is 2.79. The van der Waals surface area contributed by atoms with Crippen LogP contribution >= 0.6 is 15.9 Å². The number of rotatable bonds is 3. The summed E-state index contributed by atoms with van der Waals surface area (Å²) in [5.74, 6) is 0.631. The third kappa shape index (κ3) is 1.74. The molecule has 1 N–H and O–H groups in total. The summed E-state index contributed by atoms with van der Waals surface area (Å²) in [5.41, 5.74) is 1.04. The van der Waals surface area contributed by atoms with E-state index >= 15 is 0 Å². The number of aliphatic hydroxyl groups is 1. The lowest BCUT2D eigenvalue weighted by molar-refractivity contribution is 0.107. The number of hydrogen-bond donors (Lipinski definition) is 1. The number of hydrogen-bond acceptors (Lipinski definition) is 2. The van der Waals surface area contributed by atoms with Gasteiger partial charge in [0.2, 0.25) is 0 Å². The predicted octanol–water partition coefficient (Wildman–Crippen LogP) is 3.81. The summed E-state index contributed by atoms with van der Waals surface area (Å²) < 4.78 is 6.22. The molecule has 1 aromatic carbocycles. The second-order valence-corrected chi connectivity index (χ2v) is 5.41. The summed E-state index contributed by atoms with van der Waals surface area (Å²) in [7, 11) is 0. The summed E-state index contributed by atoms with van der Waals surface area (Å²) in [6.45, 7) is 0. The first-order chi connectivity index (χ1) is 8.24. The Morgan fingerprint density at radius 2 is 1.88 bits per heavy atom. The van der Waals surface area contributed by atoms with Crippen molar-refractivity contribution in [2.75, 3.05) is 0 Å². The van der Waals surface area contributed by atoms with Crippen molar-refractivity contribution in [3.05, 3.63) is 58.5 Å². The normalized spacial score (nSPS) is 18.9. The Morgan fingerprint density at radius 3 is 2.41 bits per heavy atom. The molecule has 1 unspecified atom stereocenters. The number of aliphatic hydroxyl groups excluding tert-OH is 1. The van der Waals surface area contributed by atoms with Crippen molar-refractivity contribution in [2.24, 2.45) is 0 Å². The van der Waals surface area contributed by atoms with Crippen LogP contribution in [0.15, 0.2) is 51.6 Å². The van der Waals surface area contributed by atoms with E-state index in [1.54, 1.807) is 6.26 Å². The third-order valence-corrected chi connectivity index (χ3v) is 4.21. The Morgan fingerprint density at radius 1 is 1.18 bits per heavy atom. The van der Waals surface area contributed by atoms with Crippen LogP contribution < -0.4 is 0 Å². The van der Waals surface area contributed by atoms with Gasteiger partial charge in [0.15, 0.2) is 0 Å². The van der Waals surface area contributed by atoms with Crippen LogP contribution in [0.5, 0.6) is 0 Å². The average molecular weight is 293 g/mol. The van der Waals surface area contributed by atoms with Crippen molar-refractivity contribution >= 4 is 15.9 Å². The lowest BCUT2D eigenvalue weighted by Crippen LogP contribution is -2.18. The summed E-state index contributed by atoms with van der Waals surface area (Å²) in [5, 5.41) is 10.5. The lowest BCUT2D eigenvalue weighted by Gasteiger charge is -2.21. The molecule has 1 aliphatic carbocycles. The maximum Gasteiger partial charge on any atom is 0.147 e. The van der Waals surface area contributed by atoms with Gasteiger partial charge in [-0.05, 0) is 40.4 Å². The largest absolute Gasteiger partial charge is 0.465 e. The molecule has 1 saturated carbocycles. The molecular weight excluding hydrogens is 280 g/mol.